The Morgan fingerprint density at radius 1 is 0.889 bits per heavy atom. The Bertz CT molecular complexity index is 671. The zero-order valence-corrected chi connectivity index (χ0v) is 17.7. The molecule has 3 heterocycles. The summed E-state index contributed by atoms with van der Waals surface area (Å²) in [4.78, 5) is 0. The number of nitrogens with zero attached hydrogens (tertiary/aromatic N) is 1. The van der Waals surface area contributed by atoms with Gasteiger partial charge in [-0.15, -0.1) is 0 Å². The van der Waals surface area contributed by atoms with E-state index in [1.54, 1.807) is 7.11 Å². The van der Waals surface area contributed by atoms with Gasteiger partial charge in [0, 0.05) is 31.8 Å². The van der Waals surface area contributed by atoms with E-state index < -0.39 is 5.60 Å². The lowest BCUT2D eigenvalue weighted by Crippen LogP contribution is -3.00. The molecule has 3 aliphatic heterocycles. The van der Waals surface area contributed by atoms with Gasteiger partial charge in [0.1, 0.15) is 12.1 Å². The second-order valence-corrected chi connectivity index (χ2v) is 8.20. The number of rotatable bonds is 6. The third-order valence-electron chi connectivity index (χ3n) is 7.11. The van der Waals surface area contributed by atoms with Crippen molar-refractivity contribution in [3.8, 4) is 0 Å². The molecule has 3 nitrogen and oxygen atoms in total. The summed E-state index contributed by atoms with van der Waals surface area (Å²) < 4.78 is 6.52. The van der Waals surface area contributed by atoms with Crippen LogP contribution in [-0.2, 0) is 10.3 Å². The fraction of sp³-hybridized carbons (Fsp3) is 0.478. The number of aliphatic hydroxyl groups is 1. The molecule has 0 radical (unpaired) electrons. The van der Waals surface area contributed by atoms with Crippen LogP contribution in [0, 0.1) is 5.41 Å². The molecule has 0 saturated carbocycles. The predicted molar refractivity (Wildman–Crippen MR) is 104 cm³/mol. The Morgan fingerprint density at radius 3 is 1.74 bits per heavy atom. The Labute approximate surface area is 173 Å². The molecule has 3 saturated heterocycles. The second kappa shape index (κ2) is 8.04. The van der Waals surface area contributed by atoms with Crippen LogP contribution >= 0.6 is 0 Å². The van der Waals surface area contributed by atoms with Gasteiger partial charge in [0.2, 0.25) is 0 Å². The summed E-state index contributed by atoms with van der Waals surface area (Å²) in [6.07, 6.45) is 3.20. The second-order valence-electron chi connectivity index (χ2n) is 8.20. The molecular formula is C23H30BrNO2. The van der Waals surface area contributed by atoms with Crippen molar-refractivity contribution in [3.05, 3.63) is 71.8 Å². The topological polar surface area (TPSA) is 29.5 Å². The Morgan fingerprint density at radius 2 is 1.33 bits per heavy atom. The summed E-state index contributed by atoms with van der Waals surface area (Å²) >= 11 is 0. The van der Waals surface area contributed by atoms with Crippen LogP contribution in [0.5, 0.6) is 0 Å². The molecule has 27 heavy (non-hydrogen) atoms. The van der Waals surface area contributed by atoms with E-state index in [1.165, 1.54) is 0 Å². The SMILES string of the molecule is COCC[N+]12CCC(C(O)(c3ccccc3)c3ccccc3)(CC1)CC2.[Br-]. The molecular weight excluding hydrogens is 402 g/mol. The average molecular weight is 432 g/mol. The number of methoxy groups -OCH3 is 1. The first-order valence-electron chi connectivity index (χ1n) is 9.82. The fourth-order valence-electron chi connectivity index (χ4n) is 5.36. The standard InChI is InChI=1S/C23H30NO2.BrH/c1-26-19-18-24-15-12-22(13-16-24,14-17-24)23(25,20-8-4-2-5-9-20)21-10-6-3-7-11-21;/h2-11,25H,12-19H2,1H3;1H/q+1;/p-1. The van der Waals surface area contributed by atoms with Gasteiger partial charge < -0.3 is 31.3 Å². The smallest absolute Gasteiger partial charge is 0.121 e. The van der Waals surface area contributed by atoms with Gasteiger partial charge in [0.05, 0.1) is 26.2 Å². The highest BCUT2D eigenvalue weighted by atomic mass is 79.9. The molecule has 146 valence electrons. The minimum Gasteiger partial charge on any atom is -1.00 e. The van der Waals surface area contributed by atoms with Gasteiger partial charge in [0.15, 0.2) is 0 Å². The zero-order valence-electron chi connectivity index (χ0n) is 16.1. The number of quaternary nitrogens is 1. The van der Waals surface area contributed by atoms with Crippen LogP contribution in [-0.4, -0.2) is 49.5 Å². The highest BCUT2D eigenvalue weighted by Gasteiger charge is 2.60. The molecule has 3 fully saturated rings. The number of hydrogen-bond acceptors (Lipinski definition) is 2. The predicted octanol–water partition coefficient (Wildman–Crippen LogP) is 0.574. The Balaban J connectivity index is 0.00000210. The minimum absolute atomic E-state index is 0. The van der Waals surface area contributed by atoms with Crippen molar-refractivity contribution in [2.24, 2.45) is 5.41 Å². The fourth-order valence-corrected chi connectivity index (χ4v) is 5.36. The number of benzene rings is 2. The largest absolute Gasteiger partial charge is 1.00 e. The van der Waals surface area contributed by atoms with E-state index in [9.17, 15) is 5.11 Å². The third kappa shape index (κ3) is 3.38. The number of ether oxygens (including phenoxy) is 1. The van der Waals surface area contributed by atoms with Gasteiger partial charge >= 0.3 is 0 Å². The van der Waals surface area contributed by atoms with Gasteiger partial charge in [-0.25, -0.2) is 0 Å². The van der Waals surface area contributed by atoms with Crippen molar-refractivity contribution in [2.45, 2.75) is 24.9 Å². The lowest BCUT2D eigenvalue weighted by atomic mass is 9.56. The number of fused-ring (bicyclic) bond motifs is 3. The van der Waals surface area contributed by atoms with Gasteiger partial charge in [-0.2, -0.15) is 0 Å². The molecule has 4 heteroatoms. The molecule has 2 aromatic rings. The van der Waals surface area contributed by atoms with Gasteiger partial charge in [-0.3, -0.25) is 0 Å². The first-order chi connectivity index (χ1) is 12.6. The Hall–Kier alpha value is -1.20. The van der Waals surface area contributed by atoms with E-state index in [0.717, 1.165) is 67.7 Å². The van der Waals surface area contributed by atoms with Gasteiger partial charge in [-0.05, 0) is 11.1 Å². The summed E-state index contributed by atoms with van der Waals surface area (Å²) in [6.45, 7) is 5.36. The lowest BCUT2D eigenvalue weighted by molar-refractivity contribution is -0.946. The molecule has 2 aromatic carbocycles. The zero-order chi connectivity index (χ0) is 18.1. The summed E-state index contributed by atoms with van der Waals surface area (Å²) in [6, 6.07) is 20.6. The summed E-state index contributed by atoms with van der Waals surface area (Å²) in [5.74, 6) is 0. The van der Waals surface area contributed by atoms with Crippen LogP contribution < -0.4 is 17.0 Å². The van der Waals surface area contributed by atoms with Crippen LogP contribution in [0.25, 0.3) is 0 Å². The van der Waals surface area contributed by atoms with Crippen LogP contribution in [0.4, 0.5) is 0 Å². The maximum absolute atomic E-state index is 12.3. The molecule has 0 aliphatic carbocycles. The first-order valence-corrected chi connectivity index (χ1v) is 9.82. The van der Waals surface area contributed by atoms with E-state index >= 15 is 0 Å². The van der Waals surface area contributed by atoms with Gasteiger partial charge in [-0.1, -0.05) is 60.7 Å². The monoisotopic (exact) mass is 431 g/mol. The molecule has 0 aromatic heterocycles. The highest BCUT2D eigenvalue weighted by molar-refractivity contribution is 5.39. The van der Waals surface area contributed by atoms with Crippen LogP contribution in [0.1, 0.15) is 30.4 Å². The van der Waals surface area contributed by atoms with Crippen molar-refractivity contribution >= 4 is 0 Å². The molecule has 0 spiro atoms. The molecule has 3 aliphatic rings. The van der Waals surface area contributed by atoms with Crippen molar-refractivity contribution in [1.82, 2.24) is 0 Å². The number of hydrogen-bond donors (Lipinski definition) is 1. The van der Waals surface area contributed by atoms with Crippen molar-refractivity contribution < 1.29 is 31.3 Å². The van der Waals surface area contributed by atoms with E-state index in [1.807, 2.05) is 36.4 Å². The van der Waals surface area contributed by atoms with Crippen LogP contribution in [0.15, 0.2) is 60.7 Å². The lowest BCUT2D eigenvalue weighted by Gasteiger charge is -2.60. The molecule has 0 atom stereocenters. The van der Waals surface area contributed by atoms with E-state index in [0.29, 0.717) is 0 Å². The maximum Gasteiger partial charge on any atom is 0.121 e. The van der Waals surface area contributed by atoms with Crippen LogP contribution in [0.2, 0.25) is 0 Å². The molecule has 0 amide bonds. The highest BCUT2D eigenvalue weighted by Crippen LogP contribution is 2.57. The third-order valence-corrected chi connectivity index (χ3v) is 7.11. The molecule has 1 N–H and O–H groups in total. The molecule has 0 unspecified atom stereocenters. The molecule has 2 bridgehead atoms. The van der Waals surface area contributed by atoms with Crippen LogP contribution in [0.3, 0.4) is 0 Å². The van der Waals surface area contributed by atoms with E-state index in [-0.39, 0.29) is 22.4 Å². The van der Waals surface area contributed by atoms with Crippen molar-refractivity contribution in [1.29, 1.82) is 0 Å². The molecule has 5 rings (SSSR count). The van der Waals surface area contributed by atoms with Crippen molar-refractivity contribution in [2.75, 3.05) is 39.9 Å². The number of halogens is 1. The maximum atomic E-state index is 12.3. The summed E-state index contributed by atoms with van der Waals surface area (Å²) in [7, 11) is 1.79. The average Bonchev–Trinajstić information content (AvgIpc) is 2.74. The summed E-state index contributed by atoms with van der Waals surface area (Å²) in [5, 5.41) is 12.3. The summed E-state index contributed by atoms with van der Waals surface area (Å²) in [5.41, 5.74) is 1.06. The van der Waals surface area contributed by atoms with E-state index in [4.69, 9.17) is 4.74 Å². The Kier molecular flexibility index (Phi) is 6.11. The van der Waals surface area contributed by atoms with Crippen molar-refractivity contribution in [3.63, 3.8) is 0 Å². The first kappa shape index (κ1) is 20.5. The van der Waals surface area contributed by atoms with E-state index in [2.05, 4.69) is 24.3 Å². The van der Waals surface area contributed by atoms with Gasteiger partial charge in [0.25, 0.3) is 0 Å². The number of piperidine rings is 3. The minimum atomic E-state index is -0.923. The normalized spacial score (nSPS) is 27.2. The quantitative estimate of drug-likeness (QED) is 0.677.